The number of ether oxygens (including phenoxy) is 1. The van der Waals surface area contributed by atoms with Crippen LogP contribution in [0.2, 0.25) is 0 Å². The van der Waals surface area contributed by atoms with Crippen molar-refractivity contribution in [2.45, 2.75) is 45.1 Å². The Kier molecular flexibility index (Phi) is 7.85. The molecule has 0 N–H and O–H groups in total. The zero-order valence-corrected chi connectivity index (χ0v) is 21.1. The van der Waals surface area contributed by atoms with Crippen LogP contribution in [-0.4, -0.2) is 37.3 Å². The molecule has 3 aromatic rings. The third-order valence-electron chi connectivity index (χ3n) is 7.34. The van der Waals surface area contributed by atoms with E-state index in [1.165, 1.54) is 0 Å². The first kappa shape index (κ1) is 25.4. The second kappa shape index (κ2) is 11.4. The van der Waals surface area contributed by atoms with Gasteiger partial charge in [-0.05, 0) is 103 Å². The number of rotatable bonds is 8. The molecule has 0 aromatic heterocycles. The minimum atomic E-state index is -0.293. The van der Waals surface area contributed by atoms with Crippen LogP contribution in [0.15, 0.2) is 60.7 Å². The van der Waals surface area contributed by atoms with Crippen molar-refractivity contribution in [3.63, 3.8) is 0 Å². The highest BCUT2D eigenvalue weighted by atomic mass is 19.3. The summed E-state index contributed by atoms with van der Waals surface area (Å²) in [5, 5.41) is 0. The largest absolute Gasteiger partial charge is 0.489 e. The minimum absolute atomic E-state index is 0.0830. The van der Waals surface area contributed by atoms with Crippen molar-refractivity contribution in [2.24, 2.45) is 0 Å². The van der Waals surface area contributed by atoms with Gasteiger partial charge in [-0.2, -0.15) is 0 Å². The number of alkyl halides is 1. The first-order chi connectivity index (χ1) is 18.1. The number of halogens is 3. The molecule has 0 amide bonds. The maximum atomic E-state index is 15.2. The summed E-state index contributed by atoms with van der Waals surface area (Å²) in [6, 6.07) is 18.5. The van der Waals surface area contributed by atoms with E-state index in [0.717, 1.165) is 78.0 Å². The Hall–Kier alpha value is -3.25. The molecule has 5 rings (SSSR count). The number of hydrogen-bond acceptors (Lipinski definition) is 3. The molecular formula is C31H32F3NO2. The van der Waals surface area contributed by atoms with Crippen molar-refractivity contribution in [2.75, 3.05) is 26.3 Å². The zero-order valence-electron chi connectivity index (χ0n) is 21.1. The van der Waals surface area contributed by atoms with Gasteiger partial charge in [0.15, 0.2) is 5.75 Å². The predicted octanol–water partition coefficient (Wildman–Crippen LogP) is 7.51. The lowest BCUT2D eigenvalue weighted by atomic mass is 9.87. The van der Waals surface area contributed by atoms with Crippen molar-refractivity contribution in [1.82, 2.24) is 4.90 Å². The first-order valence-corrected chi connectivity index (χ1v) is 13.0. The van der Waals surface area contributed by atoms with Crippen LogP contribution in [0.4, 0.5) is 13.3 Å². The lowest BCUT2D eigenvalue weighted by Crippen LogP contribution is -2.26. The molecule has 1 aliphatic heterocycles. The molecule has 1 heterocycles. The third-order valence-corrected chi connectivity index (χ3v) is 7.34. The van der Waals surface area contributed by atoms with Crippen LogP contribution in [-0.2, 0) is 6.42 Å². The van der Waals surface area contributed by atoms with Crippen LogP contribution in [0.25, 0.3) is 11.1 Å². The highest BCUT2D eigenvalue weighted by molar-refractivity contribution is 6.00. The van der Waals surface area contributed by atoms with E-state index in [9.17, 15) is 8.92 Å². The molecule has 0 radical (unpaired) electrons. The fourth-order valence-electron chi connectivity index (χ4n) is 5.55. The van der Waals surface area contributed by atoms with Gasteiger partial charge >= 0.3 is 0 Å². The summed E-state index contributed by atoms with van der Waals surface area (Å²) in [6.07, 6.45) is 3.82. The molecular weight excluding hydrogens is 475 g/mol. The average molecular weight is 508 g/mol. The van der Waals surface area contributed by atoms with Gasteiger partial charge in [-0.3, -0.25) is 14.2 Å². The van der Waals surface area contributed by atoms with Crippen molar-refractivity contribution < 1.29 is 23.0 Å². The summed E-state index contributed by atoms with van der Waals surface area (Å²) < 4.78 is 46.9. The fourth-order valence-corrected chi connectivity index (χ4v) is 5.55. The molecule has 0 spiro atoms. The van der Waals surface area contributed by atoms with E-state index in [-0.39, 0.29) is 24.3 Å². The van der Waals surface area contributed by atoms with E-state index in [4.69, 9.17) is 4.74 Å². The van der Waals surface area contributed by atoms with Gasteiger partial charge in [-0.15, -0.1) is 0 Å². The molecule has 0 saturated carbocycles. The van der Waals surface area contributed by atoms with Gasteiger partial charge in [0.25, 0.3) is 0 Å². The molecule has 1 atom stereocenters. The zero-order chi connectivity index (χ0) is 25.8. The van der Waals surface area contributed by atoms with Gasteiger partial charge in [0, 0.05) is 29.7 Å². The van der Waals surface area contributed by atoms with E-state index in [1.807, 2.05) is 49.4 Å². The van der Waals surface area contributed by atoms with Gasteiger partial charge in [-0.1, -0.05) is 30.3 Å². The summed E-state index contributed by atoms with van der Waals surface area (Å²) in [7, 11) is 0. The first-order valence-electron chi connectivity index (χ1n) is 13.0. The number of nitrogens with zero attached hydrogens (tertiary/aromatic N) is 1. The Bertz CT molecular complexity index is 1270. The topological polar surface area (TPSA) is 21.7 Å². The molecule has 0 bridgehead atoms. The van der Waals surface area contributed by atoms with Crippen molar-refractivity contribution >= 4 is 11.1 Å². The standard InChI is InChI=1S/C31H32F3NO2/c1-21-6-12-28(30(33)18-21)29-5-2-4-23-19-25(37-34)11-13-27(23)31(29)22-7-9-24(10-8-22)36-26-14-17-35(20-26)16-3-15-32/h6-13,18-19,26H,2-5,14-17,20H2,1H3/t26-/m0/s1. The maximum absolute atomic E-state index is 15.2. The van der Waals surface area contributed by atoms with Crippen LogP contribution in [0.1, 0.15) is 53.5 Å². The molecule has 2 aliphatic rings. The average Bonchev–Trinajstić information content (AvgIpc) is 3.26. The Labute approximate surface area is 216 Å². The van der Waals surface area contributed by atoms with Crippen LogP contribution in [0.3, 0.4) is 0 Å². The van der Waals surface area contributed by atoms with E-state index in [2.05, 4.69) is 9.84 Å². The van der Waals surface area contributed by atoms with E-state index in [1.54, 1.807) is 18.2 Å². The number of benzene rings is 3. The van der Waals surface area contributed by atoms with Gasteiger partial charge in [0.05, 0.1) is 6.67 Å². The molecule has 1 fully saturated rings. The fraction of sp³-hybridized carbons (Fsp3) is 0.355. The summed E-state index contributed by atoms with van der Waals surface area (Å²) in [5.74, 6) is 0.710. The molecule has 194 valence electrons. The second-order valence-electron chi connectivity index (χ2n) is 9.98. The summed E-state index contributed by atoms with van der Waals surface area (Å²) in [5.41, 5.74) is 6.25. The highest BCUT2D eigenvalue weighted by Gasteiger charge is 2.25. The molecule has 3 aromatic carbocycles. The maximum Gasteiger partial charge on any atom is 0.172 e. The van der Waals surface area contributed by atoms with Crippen molar-refractivity contribution in [3.8, 4) is 11.5 Å². The van der Waals surface area contributed by atoms with E-state index < -0.39 is 0 Å². The Balaban J connectivity index is 1.49. The summed E-state index contributed by atoms with van der Waals surface area (Å²) in [4.78, 5) is 6.24. The Morgan fingerprint density at radius 1 is 0.946 bits per heavy atom. The molecule has 37 heavy (non-hydrogen) atoms. The highest BCUT2D eigenvalue weighted by Crippen LogP contribution is 2.42. The van der Waals surface area contributed by atoms with Gasteiger partial charge < -0.3 is 4.74 Å². The number of likely N-dealkylation sites (tertiary alicyclic amines) is 1. The second-order valence-corrected chi connectivity index (χ2v) is 9.98. The van der Waals surface area contributed by atoms with Gasteiger partial charge in [-0.25, -0.2) is 4.39 Å². The molecule has 0 unspecified atom stereocenters. The lowest BCUT2D eigenvalue weighted by molar-refractivity contribution is -0.00629. The normalized spacial score (nSPS) is 18.0. The quantitative estimate of drug-likeness (QED) is 0.315. The third kappa shape index (κ3) is 5.69. The lowest BCUT2D eigenvalue weighted by Gasteiger charge is -2.19. The van der Waals surface area contributed by atoms with Crippen molar-refractivity contribution in [3.05, 3.63) is 94.3 Å². The summed E-state index contributed by atoms with van der Waals surface area (Å²) >= 11 is 0. The van der Waals surface area contributed by atoms with E-state index >= 15 is 4.39 Å². The molecule has 1 saturated heterocycles. The van der Waals surface area contributed by atoms with Crippen LogP contribution in [0.5, 0.6) is 11.5 Å². The number of hydrogen-bond donors (Lipinski definition) is 0. The van der Waals surface area contributed by atoms with Gasteiger partial charge in [0.2, 0.25) is 0 Å². The predicted molar refractivity (Wildman–Crippen MR) is 141 cm³/mol. The Morgan fingerprint density at radius 3 is 2.49 bits per heavy atom. The number of allylic oxidation sites excluding steroid dienone is 1. The van der Waals surface area contributed by atoms with Gasteiger partial charge in [0.1, 0.15) is 17.7 Å². The van der Waals surface area contributed by atoms with Crippen molar-refractivity contribution in [1.29, 1.82) is 0 Å². The summed E-state index contributed by atoms with van der Waals surface area (Å²) in [6.45, 7) is 4.07. The number of fused-ring (bicyclic) bond motifs is 1. The van der Waals surface area contributed by atoms with Crippen LogP contribution >= 0.6 is 0 Å². The molecule has 6 heteroatoms. The number of aryl methyl sites for hydroxylation is 2. The SMILES string of the molecule is Cc1ccc(C2=C(c3ccc(O[C@H]4CCN(CCCF)C4)cc3)c3ccc(OF)cc3CCC2)c(F)c1. The van der Waals surface area contributed by atoms with Crippen LogP contribution < -0.4 is 9.68 Å². The van der Waals surface area contributed by atoms with E-state index in [0.29, 0.717) is 18.4 Å². The Morgan fingerprint density at radius 2 is 1.73 bits per heavy atom. The smallest absolute Gasteiger partial charge is 0.172 e. The monoisotopic (exact) mass is 507 g/mol. The minimum Gasteiger partial charge on any atom is -0.489 e. The molecule has 1 aliphatic carbocycles. The molecule has 3 nitrogen and oxygen atoms in total. The van der Waals surface area contributed by atoms with Crippen LogP contribution in [0, 0.1) is 12.7 Å².